The molecule has 0 fully saturated rings. The monoisotopic (exact) mass is 304 g/mol. The third-order valence-electron chi connectivity index (χ3n) is 3.28. The molecule has 1 aromatic carbocycles. The van der Waals surface area contributed by atoms with Gasteiger partial charge in [0.15, 0.2) is 5.78 Å². The van der Waals surface area contributed by atoms with Crippen molar-refractivity contribution < 1.29 is 23.8 Å². The first kappa shape index (κ1) is 16.1. The van der Waals surface area contributed by atoms with E-state index in [4.69, 9.17) is 14.2 Å². The van der Waals surface area contributed by atoms with Gasteiger partial charge in [-0.1, -0.05) is 0 Å². The molecule has 2 rings (SSSR count). The Hall–Kier alpha value is -2.30. The Morgan fingerprint density at radius 3 is 2.18 bits per heavy atom. The quantitative estimate of drug-likeness (QED) is 0.634. The number of ether oxygens (including phenoxy) is 3. The Kier molecular flexibility index (Phi) is 4.26. The highest BCUT2D eigenvalue weighted by Crippen LogP contribution is 2.41. The van der Waals surface area contributed by atoms with Gasteiger partial charge in [-0.3, -0.25) is 9.59 Å². The van der Waals surface area contributed by atoms with Gasteiger partial charge >= 0.3 is 5.97 Å². The number of carbonyl (C=O) groups excluding carboxylic acids is 2. The van der Waals surface area contributed by atoms with Crippen LogP contribution in [0.25, 0.3) is 6.08 Å². The van der Waals surface area contributed by atoms with E-state index in [1.165, 1.54) is 20.3 Å². The van der Waals surface area contributed by atoms with Crippen LogP contribution in [0.1, 0.15) is 37.8 Å². The van der Waals surface area contributed by atoms with E-state index in [-0.39, 0.29) is 5.78 Å². The third-order valence-corrected chi connectivity index (χ3v) is 3.28. The fraction of sp³-hybridized carbons (Fsp3) is 0.412. The third kappa shape index (κ3) is 2.98. The topological polar surface area (TPSA) is 61.8 Å². The van der Waals surface area contributed by atoms with Crippen LogP contribution in [-0.2, 0) is 14.3 Å². The van der Waals surface area contributed by atoms with Gasteiger partial charge in [-0.15, -0.1) is 0 Å². The standard InChI is InChI=1S/C17H20O5/c1-17(2,3)22-16(19)15-11(18)7-6-10-12(20-4)8-9-13(21-5)14(10)15/h6-9,15H,1-5H3/t15-/m0/s1. The molecule has 0 saturated heterocycles. The minimum absolute atomic E-state index is 0.326. The van der Waals surface area contributed by atoms with Crippen molar-refractivity contribution in [1.82, 2.24) is 0 Å². The first-order valence-corrected chi connectivity index (χ1v) is 6.98. The van der Waals surface area contributed by atoms with Crippen LogP contribution in [0.2, 0.25) is 0 Å². The maximum absolute atomic E-state index is 12.5. The summed E-state index contributed by atoms with van der Waals surface area (Å²) in [5, 5.41) is 0. The van der Waals surface area contributed by atoms with E-state index >= 15 is 0 Å². The predicted molar refractivity (Wildman–Crippen MR) is 82.2 cm³/mol. The Labute approximate surface area is 129 Å². The second-order valence-corrected chi connectivity index (χ2v) is 6.00. The lowest BCUT2D eigenvalue weighted by molar-refractivity contribution is -0.158. The van der Waals surface area contributed by atoms with E-state index in [2.05, 4.69) is 0 Å². The first-order valence-electron chi connectivity index (χ1n) is 6.98. The normalized spacial score (nSPS) is 17.0. The summed E-state index contributed by atoms with van der Waals surface area (Å²) in [7, 11) is 3.03. The van der Waals surface area contributed by atoms with Crippen LogP contribution in [0.5, 0.6) is 11.5 Å². The fourth-order valence-corrected chi connectivity index (χ4v) is 2.42. The molecule has 0 radical (unpaired) electrons. The molecule has 0 aromatic heterocycles. The van der Waals surface area contributed by atoms with Crippen LogP contribution in [0.15, 0.2) is 18.2 Å². The summed E-state index contributed by atoms with van der Waals surface area (Å²) in [6.07, 6.45) is 3.01. The number of fused-ring (bicyclic) bond motifs is 1. The zero-order valence-electron chi connectivity index (χ0n) is 13.4. The van der Waals surface area contributed by atoms with Crippen molar-refractivity contribution in [2.45, 2.75) is 32.3 Å². The maximum Gasteiger partial charge on any atom is 0.322 e. The van der Waals surface area contributed by atoms with E-state index in [1.54, 1.807) is 39.0 Å². The van der Waals surface area contributed by atoms with E-state index in [1.807, 2.05) is 0 Å². The highest BCUT2D eigenvalue weighted by Gasteiger charge is 2.38. The molecule has 0 N–H and O–H groups in total. The number of esters is 1. The molecule has 5 nitrogen and oxygen atoms in total. The number of benzene rings is 1. The summed E-state index contributed by atoms with van der Waals surface area (Å²) >= 11 is 0. The SMILES string of the molecule is COc1ccc(OC)c2c1C=CC(=O)[C@@H]2C(=O)OC(C)(C)C. The van der Waals surface area contributed by atoms with Crippen molar-refractivity contribution in [1.29, 1.82) is 0 Å². The van der Waals surface area contributed by atoms with E-state index in [0.29, 0.717) is 22.6 Å². The number of allylic oxidation sites excluding steroid dienone is 1. The van der Waals surface area contributed by atoms with Gasteiger partial charge in [-0.2, -0.15) is 0 Å². The summed E-state index contributed by atoms with van der Waals surface area (Å²) in [4.78, 5) is 24.7. The molecular weight excluding hydrogens is 284 g/mol. The van der Waals surface area contributed by atoms with Gasteiger partial charge in [0.05, 0.1) is 14.2 Å². The highest BCUT2D eigenvalue weighted by atomic mass is 16.6. The summed E-state index contributed by atoms with van der Waals surface area (Å²) in [5.74, 6) is -0.912. The van der Waals surface area contributed by atoms with Gasteiger partial charge in [0.25, 0.3) is 0 Å². The zero-order chi connectivity index (χ0) is 16.5. The fourth-order valence-electron chi connectivity index (χ4n) is 2.42. The van der Waals surface area contributed by atoms with E-state index in [0.717, 1.165) is 0 Å². The molecule has 0 unspecified atom stereocenters. The molecule has 0 heterocycles. The number of ketones is 1. The van der Waals surface area contributed by atoms with Crippen molar-refractivity contribution in [3.63, 3.8) is 0 Å². The summed E-state index contributed by atoms with van der Waals surface area (Å²) in [6.45, 7) is 5.29. The van der Waals surface area contributed by atoms with Gasteiger partial charge < -0.3 is 14.2 Å². The average molecular weight is 304 g/mol. The van der Waals surface area contributed by atoms with Crippen LogP contribution in [0.4, 0.5) is 0 Å². The molecule has 5 heteroatoms. The second-order valence-electron chi connectivity index (χ2n) is 6.00. The largest absolute Gasteiger partial charge is 0.496 e. The summed E-state index contributed by atoms with van der Waals surface area (Å²) in [5.41, 5.74) is 0.478. The van der Waals surface area contributed by atoms with Crippen LogP contribution < -0.4 is 9.47 Å². The van der Waals surface area contributed by atoms with Crippen LogP contribution in [-0.4, -0.2) is 31.6 Å². The molecule has 1 aromatic rings. The number of hydrogen-bond donors (Lipinski definition) is 0. The van der Waals surface area contributed by atoms with Crippen LogP contribution in [0.3, 0.4) is 0 Å². The molecule has 118 valence electrons. The smallest absolute Gasteiger partial charge is 0.322 e. The lowest BCUT2D eigenvalue weighted by atomic mass is 9.84. The minimum Gasteiger partial charge on any atom is -0.496 e. The molecule has 1 atom stereocenters. The molecule has 0 aliphatic heterocycles. The molecule has 22 heavy (non-hydrogen) atoms. The Morgan fingerprint density at radius 2 is 1.64 bits per heavy atom. The minimum atomic E-state index is -1.04. The van der Waals surface area contributed by atoms with Crippen molar-refractivity contribution in [3.05, 3.63) is 29.3 Å². The van der Waals surface area contributed by atoms with Crippen LogP contribution >= 0.6 is 0 Å². The highest BCUT2D eigenvalue weighted by molar-refractivity contribution is 6.14. The molecule has 0 bridgehead atoms. The number of hydrogen-bond acceptors (Lipinski definition) is 5. The van der Waals surface area contributed by atoms with Gasteiger partial charge in [0.2, 0.25) is 0 Å². The van der Waals surface area contributed by atoms with E-state index in [9.17, 15) is 9.59 Å². The lowest BCUT2D eigenvalue weighted by Crippen LogP contribution is -2.32. The average Bonchev–Trinajstić information content (AvgIpc) is 2.43. The van der Waals surface area contributed by atoms with Crippen molar-refractivity contribution >= 4 is 17.8 Å². The Balaban J connectivity index is 2.57. The molecule has 1 aliphatic carbocycles. The molecule has 1 aliphatic rings. The van der Waals surface area contributed by atoms with Gasteiger partial charge in [0.1, 0.15) is 23.0 Å². The number of methoxy groups -OCH3 is 2. The number of rotatable bonds is 3. The Morgan fingerprint density at radius 1 is 1.05 bits per heavy atom. The summed E-state index contributed by atoms with van der Waals surface area (Å²) in [6, 6.07) is 3.42. The van der Waals surface area contributed by atoms with Crippen LogP contribution in [0, 0.1) is 0 Å². The summed E-state index contributed by atoms with van der Waals surface area (Å²) < 4.78 is 16.0. The molecule has 0 saturated carbocycles. The van der Waals surface area contributed by atoms with Gasteiger partial charge in [-0.05, 0) is 45.1 Å². The predicted octanol–water partition coefficient (Wildman–Crippen LogP) is 2.73. The maximum atomic E-state index is 12.5. The number of carbonyl (C=O) groups is 2. The second kappa shape index (κ2) is 5.83. The molecule has 0 amide bonds. The van der Waals surface area contributed by atoms with Gasteiger partial charge in [0, 0.05) is 11.1 Å². The van der Waals surface area contributed by atoms with Gasteiger partial charge in [-0.25, -0.2) is 0 Å². The van der Waals surface area contributed by atoms with Crippen molar-refractivity contribution in [2.24, 2.45) is 0 Å². The first-order chi connectivity index (χ1) is 10.3. The lowest BCUT2D eigenvalue weighted by Gasteiger charge is -2.27. The van der Waals surface area contributed by atoms with E-state index < -0.39 is 17.5 Å². The molecular formula is C17H20O5. The van der Waals surface area contributed by atoms with Crippen molar-refractivity contribution in [3.8, 4) is 11.5 Å². The van der Waals surface area contributed by atoms with Crippen molar-refractivity contribution in [2.75, 3.05) is 14.2 Å². The molecule has 0 spiro atoms. The zero-order valence-corrected chi connectivity index (χ0v) is 13.4. The Bertz CT molecular complexity index is 637.